The molecule has 2 atom stereocenters. The Labute approximate surface area is 124 Å². The molecule has 0 bridgehead atoms. The van der Waals surface area contributed by atoms with Gasteiger partial charge in [-0.2, -0.15) is 5.26 Å². The molecule has 1 aromatic heterocycles. The van der Waals surface area contributed by atoms with Crippen LogP contribution in [0.15, 0.2) is 6.07 Å². The summed E-state index contributed by atoms with van der Waals surface area (Å²) in [5.74, 6) is 0.132. The average molecular weight is 285 g/mol. The third-order valence-corrected chi connectivity index (χ3v) is 4.57. The van der Waals surface area contributed by atoms with E-state index in [9.17, 15) is 15.2 Å². The van der Waals surface area contributed by atoms with Crippen LogP contribution in [0.3, 0.4) is 0 Å². The summed E-state index contributed by atoms with van der Waals surface area (Å²) < 4.78 is 0. The number of fused-ring (bicyclic) bond motifs is 1. The number of carboxylic acid groups (broad SMARTS) is 1. The molecule has 3 rings (SSSR count). The van der Waals surface area contributed by atoms with E-state index in [0.717, 1.165) is 36.9 Å². The van der Waals surface area contributed by atoms with Gasteiger partial charge in [-0.25, -0.2) is 9.78 Å². The van der Waals surface area contributed by atoms with Crippen molar-refractivity contribution in [2.75, 3.05) is 11.4 Å². The van der Waals surface area contributed by atoms with Gasteiger partial charge in [0.15, 0.2) is 0 Å². The number of aromatic nitrogens is 1. The van der Waals surface area contributed by atoms with Gasteiger partial charge >= 0.3 is 5.97 Å². The Morgan fingerprint density at radius 2 is 2.33 bits per heavy atom. The number of hydrogen-bond acceptors (Lipinski definition) is 4. The molecule has 1 aliphatic heterocycles. The van der Waals surface area contributed by atoms with Crippen molar-refractivity contribution in [3.8, 4) is 6.07 Å². The number of nitriles is 1. The second-order valence-electron chi connectivity index (χ2n) is 6.11. The lowest BCUT2D eigenvalue weighted by Crippen LogP contribution is -2.47. The van der Waals surface area contributed by atoms with Crippen LogP contribution in [-0.4, -0.2) is 28.6 Å². The highest BCUT2D eigenvalue weighted by Crippen LogP contribution is 2.32. The van der Waals surface area contributed by atoms with Crippen molar-refractivity contribution >= 4 is 11.8 Å². The monoisotopic (exact) mass is 285 g/mol. The lowest BCUT2D eigenvalue weighted by Gasteiger charge is -2.37. The van der Waals surface area contributed by atoms with Crippen molar-refractivity contribution in [3.05, 3.63) is 22.9 Å². The molecule has 1 N–H and O–H groups in total. The maximum Gasteiger partial charge on any atom is 0.326 e. The molecule has 1 aliphatic carbocycles. The molecule has 0 saturated carbocycles. The topological polar surface area (TPSA) is 77.2 Å². The van der Waals surface area contributed by atoms with E-state index < -0.39 is 12.0 Å². The average Bonchev–Trinajstić information content (AvgIpc) is 2.92. The Morgan fingerprint density at radius 1 is 1.52 bits per heavy atom. The fraction of sp³-hybridized carbons (Fsp3) is 0.562. The highest BCUT2D eigenvalue weighted by molar-refractivity contribution is 5.79. The van der Waals surface area contributed by atoms with Gasteiger partial charge in [-0.1, -0.05) is 6.92 Å². The van der Waals surface area contributed by atoms with Gasteiger partial charge in [-0.05, 0) is 49.7 Å². The Hall–Kier alpha value is -2.09. The predicted octanol–water partition coefficient (Wildman–Crippen LogP) is 2.13. The van der Waals surface area contributed by atoms with Gasteiger partial charge < -0.3 is 10.0 Å². The number of carboxylic acids is 1. The molecule has 5 nitrogen and oxygen atoms in total. The van der Waals surface area contributed by atoms with E-state index in [2.05, 4.69) is 18.0 Å². The molecule has 1 saturated heterocycles. The number of nitrogens with zero attached hydrogens (tertiary/aromatic N) is 3. The molecule has 5 heteroatoms. The lowest BCUT2D eigenvalue weighted by molar-refractivity contribution is -0.139. The molecule has 0 amide bonds. The molecule has 0 spiro atoms. The van der Waals surface area contributed by atoms with E-state index in [1.54, 1.807) is 0 Å². The fourth-order valence-electron chi connectivity index (χ4n) is 3.39. The Kier molecular flexibility index (Phi) is 3.54. The van der Waals surface area contributed by atoms with E-state index in [1.165, 1.54) is 0 Å². The molecular formula is C16H19N3O2. The molecule has 1 aromatic rings. The van der Waals surface area contributed by atoms with Crippen LogP contribution in [-0.2, 0) is 17.6 Å². The highest BCUT2D eigenvalue weighted by atomic mass is 16.4. The molecule has 110 valence electrons. The maximum atomic E-state index is 11.6. The summed E-state index contributed by atoms with van der Waals surface area (Å²) in [5, 5.41) is 18.9. The Morgan fingerprint density at radius 3 is 3.05 bits per heavy atom. The first-order valence-electron chi connectivity index (χ1n) is 7.52. The summed E-state index contributed by atoms with van der Waals surface area (Å²) in [5.41, 5.74) is 2.69. The third kappa shape index (κ3) is 2.46. The number of aryl methyl sites for hydroxylation is 2. The third-order valence-electron chi connectivity index (χ3n) is 4.57. The van der Waals surface area contributed by atoms with Gasteiger partial charge in [0.25, 0.3) is 0 Å². The zero-order chi connectivity index (χ0) is 15.0. The maximum absolute atomic E-state index is 11.6. The van der Waals surface area contributed by atoms with Crippen molar-refractivity contribution in [2.45, 2.75) is 45.1 Å². The van der Waals surface area contributed by atoms with Crippen LogP contribution in [0.25, 0.3) is 0 Å². The van der Waals surface area contributed by atoms with Crippen LogP contribution in [0, 0.1) is 17.2 Å². The Bertz CT molecular complexity index is 621. The largest absolute Gasteiger partial charge is 0.480 e. The van der Waals surface area contributed by atoms with Crippen molar-refractivity contribution < 1.29 is 9.90 Å². The van der Waals surface area contributed by atoms with Crippen LogP contribution in [0.2, 0.25) is 0 Å². The number of carbonyl (C=O) groups is 1. The molecule has 21 heavy (non-hydrogen) atoms. The Balaban J connectivity index is 2.02. The standard InChI is InChI=1S/C16H19N3O2/c1-10-5-6-19(14(7-10)16(20)21)15-12(9-17)8-11-3-2-4-13(11)18-15/h8,10,14H,2-7H2,1H3,(H,20,21). The number of rotatable bonds is 2. The minimum absolute atomic E-state index is 0.391. The first-order chi connectivity index (χ1) is 10.1. The van der Waals surface area contributed by atoms with E-state index in [1.807, 2.05) is 11.0 Å². The van der Waals surface area contributed by atoms with Gasteiger partial charge in [0.2, 0.25) is 0 Å². The molecule has 2 heterocycles. The molecule has 0 radical (unpaired) electrons. The van der Waals surface area contributed by atoms with Crippen molar-refractivity contribution in [2.24, 2.45) is 5.92 Å². The van der Waals surface area contributed by atoms with Gasteiger partial charge in [-0.15, -0.1) is 0 Å². The number of hydrogen-bond donors (Lipinski definition) is 1. The summed E-state index contributed by atoms with van der Waals surface area (Å²) in [6, 6.07) is 3.52. The van der Waals surface area contributed by atoms with Crippen molar-refractivity contribution in [3.63, 3.8) is 0 Å². The number of aliphatic carboxylic acids is 1. The van der Waals surface area contributed by atoms with Crippen LogP contribution < -0.4 is 4.90 Å². The van der Waals surface area contributed by atoms with Crippen LogP contribution in [0.1, 0.15) is 43.0 Å². The van der Waals surface area contributed by atoms with Crippen LogP contribution >= 0.6 is 0 Å². The zero-order valence-electron chi connectivity index (χ0n) is 12.2. The minimum atomic E-state index is -0.826. The number of piperidine rings is 1. The van der Waals surface area contributed by atoms with Crippen LogP contribution in [0.4, 0.5) is 5.82 Å². The summed E-state index contributed by atoms with van der Waals surface area (Å²) in [6.45, 7) is 2.73. The molecular weight excluding hydrogens is 266 g/mol. The summed E-state index contributed by atoms with van der Waals surface area (Å²) >= 11 is 0. The zero-order valence-corrected chi connectivity index (χ0v) is 12.2. The predicted molar refractivity (Wildman–Crippen MR) is 78.1 cm³/mol. The summed E-state index contributed by atoms with van der Waals surface area (Å²) in [7, 11) is 0. The van der Waals surface area contributed by atoms with E-state index in [4.69, 9.17) is 0 Å². The smallest absolute Gasteiger partial charge is 0.326 e. The molecule has 1 fully saturated rings. The van der Waals surface area contributed by atoms with Crippen molar-refractivity contribution in [1.29, 1.82) is 5.26 Å². The van der Waals surface area contributed by atoms with Crippen LogP contribution in [0.5, 0.6) is 0 Å². The SMILES string of the molecule is CC1CCN(c2nc3c(cc2C#N)CCC3)C(C(=O)O)C1. The second-order valence-corrected chi connectivity index (χ2v) is 6.11. The normalized spacial score (nSPS) is 24.5. The van der Waals surface area contributed by atoms with Gasteiger partial charge in [0.05, 0.1) is 5.56 Å². The quantitative estimate of drug-likeness (QED) is 0.900. The summed E-state index contributed by atoms with van der Waals surface area (Å²) in [6.07, 6.45) is 4.51. The number of pyridine rings is 1. The van der Waals surface area contributed by atoms with Gasteiger partial charge in [0, 0.05) is 12.2 Å². The molecule has 0 aromatic carbocycles. The van der Waals surface area contributed by atoms with E-state index in [-0.39, 0.29) is 0 Å². The minimum Gasteiger partial charge on any atom is -0.480 e. The van der Waals surface area contributed by atoms with Gasteiger partial charge in [0.1, 0.15) is 17.9 Å². The first kappa shape index (κ1) is 13.9. The van der Waals surface area contributed by atoms with E-state index in [0.29, 0.717) is 30.3 Å². The second kappa shape index (κ2) is 5.36. The molecule has 2 unspecified atom stereocenters. The lowest BCUT2D eigenvalue weighted by atomic mass is 9.92. The van der Waals surface area contributed by atoms with Crippen molar-refractivity contribution in [1.82, 2.24) is 4.98 Å². The summed E-state index contributed by atoms with van der Waals surface area (Å²) in [4.78, 5) is 18.0. The number of anilines is 1. The fourth-order valence-corrected chi connectivity index (χ4v) is 3.39. The highest BCUT2D eigenvalue weighted by Gasteiger charge is 2.34. The first-order valence-corrected chi connectivity index (χ1v) is 7.52. The van der Waals surface area contributed by atoms with E-state index >= 15 is 0 Å². The molecule has 2 aliphatic rings. The van der Waals surface area contributed by atoms with Gasteiger partial charge in [-0.3, -0.25) is 0 Å².